The lowest BCUT2D eigenvalue weighted by molar-refractivity contribution is 0.150. The van der Waals surface area contributed by atoms with Gasteiger partial charge in [0.2, 0.25) is 0 Å². The number of likely N-dealkylation sites (N-methyl/N-ethyl adjacent to an activating group) is 1. The first-order valence-electron chi connectivity index (χ1n) is 6.84. The molecule has 18 heavy (non-hydrogen) atoms. The Hall–Kier alpha value is -0.910. The summed E-state index contributed by atoms with van der Waals surface area (Å²) in [6.07, 6.45) is 5.17. The van der Waals surface area contributed by atoms with Crippen molar-refractivity contribution < 1.29 is 4.74 Å². The van der Waals surface area contributed by atoms with E-state index in [0.29, 0.717) is 12.0 Å². The smallest absolute Gasteiger partial charge is 0.122 e. The van der Waals surface area contributed by atoms with Gasteiger partial charge in [-0.3, -0.25) is 4.90 Å². The zero-order valence-corrected chi connectivity index (χ0v) is 11.0. The van der Waals surface area contributed by atoms with Crippen LogP contribution in [0, 0.1) is 5.92 Å². The summed E-state index contributed by atoms with van der Waals surface area (Å²) >= 11 is 0. The fourth-order valence-electron chi connectivity index (χ4n) is 3.00. The lowest BCUT2D eigenvalue weighted by Gasteiger charge is -2.32. The lowest BCUT2D eigenvalue weighted by atomic mass is 9.98. The van der Waals surface area contributed by atoms with E-state index in [2.05, 4.69) is 33.0 Å². The first-order valence-corrected chi connectivity index (χ1v) is 6.84. The molecule has 3 rings (SSSR count). The molecule has 0 saturated carbocycles. The van der Waals surface area contributed by atoms with Crippen molar-refractivity contribution in [2.75, 3.05) is 33.4 Å². The molecule has 1 saturated heterocycles. The van der Waals surface area contributed by atoms with E-state index >= 15 is 0 Å². The second kappa shape index (κ2) is 5.38. The van der Waals surface area contributed by atoms with Crippen LogP contribution in [0.1, 0.15) is 12.2 Å². The first-order chi connectivity index (χ1) is 8.86. The van der Waals surface area contributed by atoms with Crippen LogP contribution < -0.4 is 5.32 Å². The van der Waals surface area contributed by atoms with Gasteiger partial charge < -0.3 is 14.6 Å². The molecule has 1 fully saturated rings. The van der Waals surface area contributed by atoms with Gasteiger partial charge in [-0.2, -0.15) is 0 Å². The van der Waals surface area contributed by atoms with E-state index in [-0.39, 0.29) is 0 Å². The predicted molar refractivity (Wildman–Crippen MR) is 69.3 cm³/mol. The minimum Gasteiger partial charge on any atom is -0.381 e. The first kappa shape index (κ1) is 12.1. The quantitative estimate of drug-likeness (QED) is 0.836. The van der Waals surface area contributed by atoms with Crippen molar-refractivity contribution in [3.8, 4) is 0 Å². The largest absolute Gasteiger partial charge is 0.381 e. The minimum atomic E-state index is 0.536. The van der Waals surface area contributed by atoms with Gasteiger partial charge in [0, 0.05) is 50.6 Å². The molecule has 0 aliphatic carbocycles. The van der Waals surface area contributed by atoms with Crippen LogP contribution in [0.4, 0.5) is 0 Å². The Balaban J connectivity index is 1.59. The zero-order chi connectivity index (χ0) is 12.4. The molecule has 0 radical (unpaired) electrons. The van der Waals surface area contributed by atoms with Gasteiger partial charge in [0.05, 0.1) is 13.2 Å². The van der Waals surface area contributed by atoms with Crippen molar-refractivity contribution in [1.82, 2.24) is 19.8 Å². The van der Waals surface area contributed by atoms with Crippen molar-refractivity contribution in [3.05, 3.63) is 18.2 Å². The maximum Gasteiger partial charge on any atom is 0.122 e. The Kier molecular flexibility index (Phi) is 3.63. The van der Waals surface area contributed by atoms with Gasteiger partial charge in [-0.25, -0.2) is 4.98 Å². The van der Waals surface area contributed by atoms with Crippen molar-refractivity contribution in [1.29, 1.82) is 0 Å². The Morgan fingerprint density at radius 3 is 3.28 bits per heavy atom. The average Bonchev–Trinajstić information content (AvgIpc) is 3.06. The summed E-state index contributed by atoms with van der Waals surface area (Å²) < 4.78 is 7.75. The third-order valence-corrected chi connectivity index (χ3v) is 4.18. The highest BCUT2D eigenvalue weighted by Crippen LogP contribution is 2.19. The molecular formula is C13H22N4O. The van der Waals surface area contributed by atoms with E-state index in [1.807, 2.05) is 6.20 Å². The van der Waals surface area contributed by atoms with Crippen molar-refractivity contribution >= 4 is 0 Å². The molecule has 100 valence electrons. The Bertz CT molecular complexity index is 386. The second-order valence-electron chi connectivity index (χ2n) is 5.29. The number of hydrogen-bond donors (Lipinski definition) is 1. The molecule has 3 heterocycles. The second-order valence-corrected chi connectivity index (χ2v) is 5.29. The summed E-state index contributed by atoms with van der Waals surface area (Å²) in [6, 6.07) is 0.536. The maximum absolute atomic E-state index is 5.50. The molecule has 5 nitrogen and oxygen atoms in total. The molecular weight excluding hydrogens is 228 g/mol. The normalized spacial score (nSPS) is 26.2. The average molecular weight is 250 g/mol. The van der Waals surface area contributed by atoms with Gasteiger partial charge in [-0.15, -0.1) is 0 Å². The Labute approximate surface area is 108 Å². The van der Waals surface area contributed by atoms with E-state index in [1.54, 1.807) is 0 Å². The highest BCUT2D eigenvalue weighted by molar-refractivity contribution is 4.96. The zero-order valence-electron chi connectivity index (χ0n) is 11.0. The van der Waals surface area contributed by atoms with Gasteiger partial charge in [0.1, 0.15) is 5.82 Å². The Morgan fingerprint density at radius 2 is 2.50 bits per heavy atom. The molecule has 0 aromatic carbocycles. The number of hydrogen-bond acceptors (Lipinski definition) is 4. The number of nitrogens with zero attached hydrogens (tertiary/aromatic N) is 3. The summed E-state index contributed by atoms with van der Waals surface area (Å²) in [5.41, 5.74) is 0. The number of imidazole rings is 1. The number of fused-ring (bicyclic) bond motifs is 1. The SMILES string of the molecule is CNC(CN1CCn2ccnc2C1)C1CCOC1. The molecule has 2 aliphatic heterocycles. The summed E-state index contributed by atoms with van der Waals surface area (Å²) in [4.78, 5) is 6.92. The van der Waals surface area contributed by atoms with Crippen molar-refractivity contribution in [2.24, 2.45) is 5.92 Å². The van der Waals surface area contributed by atoms with Crippen LogP contribution in [0.3, 0.4) is 0 Å². The van der Waals surface area contributed by atoms with E-state index in [0.717, 1.165) is 39.4 Å². The number of rotatable bonds is 4. The van der Waals surface area contributed by atoms with E-state index < -0.39 is 0 Å². The topological polar surface area (TPSA) is 42.3 Å². The standard InChI is InChI=1S/C13H22N4O/c1-14-12(11-2-7-18-10-11)8-16-5-6-17-4-3-15-13(17)9-16/h3-4,11-12,14H,2,5-10H2,1H3. The number of nitrogens with one attached hydrogen (secondary N) is 1. The summed E-state index contributed by atoms with van der Waals surface area (Å²) in [6.45, 7) is 6.08. The van der Waals surface area contributed by atoms with Gasteiger partial charge >= 0.3 is 0 Å². The van der Waals surface area contributed by atoms with Gasteiger partial charge in [-0.05, 0) is 13.5 Å². The van der Waals surface area contributed by atoms with Crippen LogP contribution in [0.5, 0.6) is 0 Å². The summed E-state index contributed by atoms with van der Waals surface area (Å²) in [5, 5.41) is 3.46. The van der Waals surface area contributed by atoms with Crippen molar-refractivity contribution in [2.45, 2.75) is 25.6 Å². The lowest BCUT2D eigenvalue weighted by Crippen LogP contribution is -2.46. The fourth-order valence-corrected chi connectivity index (χ4v) is 3.00. The highest BCUT2D eigenvalue weighted by Gasteiger charge is 2.27. The maximum atomic E-state index is 5.50. The molecule has 1 aromatic rings. The monoisotopic (exact) mass is 250 g/mol. The number of aromatic nitrogens is 2. The van der Waals surface area contributed by atoms with Crippen LogP contribution in [0.25, 0.3) is 0 Å². The predicted octanol–water partition coefficient (Wildman–Crippen LogP) is 0.323. The molecule has 0 bridgehead atoms. The van der Waals surface area contributed by atoms with Crippen LogP contribution in [-0.4, -0.2) is 53.8 Å². The number of ether oxygens (including phenoxy) is 1. The van der Waals surface area contributed by atoms with E-state index in [4.69, 9.17) is 4.74 Å². The third-order valence-electron chi connectivity index (χ3n) is 4.18. The van der Waals surface area contributed by atoms with Gasteiger partial charge in [0.25, 0.3) is 0 Å². The van der Waals surface area contributed by atoms with E-state index in [1.165, 1.54) is 12.2 Å². The Morgan fingerprint density at radius 1 is 1.56 bits per heavy atom. The fraction of sp³-hybridized carbons (Fsp3) is 0.769. The van der Waals surface area contributed by atoms with Crippen LogP contribution >= 0.6 is 0 Å². The molecule has 1 N–H and O–H groups in total. The van der Waals surface area contributed by atoms with E-state index in [9.17, 15) is 0 Å². The van der Waals surface area contributed by atoms with Crippen LogP contribution in [0.2, 0.25) is 0 Å². The van der Waals surface area contributed by atoms with Crippen LogP contribution in [0.15, 0.2) is 12.4 Å². The van der Waals surface area contributed by atoms with Gasteiger partial charge in [0.15, 0.2) is 0 Å². The molecule has 2 atom stereocenters. The molecule has 0 spiro atoms. The summed E-state index contributed by atoms with van der Waals surface area (Å²) in [7, 11) is 2.06. The minimum absolute atomic E-state index is 0.536. The molecule has 1 aromatic heterocycles. The highest BCUT2D eigenvalue weighted by atomic mass is 16.5. The van der Waals surface area contributed by atoms with Gasteiger partial charge in [-0.1, -0.05) is 0 Å². The van der Waals surface area contributed by atoms with Crippen molar-refractivity contribution in [3.63, 3.8) is 0 Å². The molecule has 2 unspecified atom stereocenters. The molecule has 2 aliphatic rings. The molecule has 0 amide bonds. The van der Waals surface area contributed by atoms with Crippen LogP contribution in [-0.2, 0) is 17.8 Å². The third kappa shape index (κ3) is 2.43. The molecule has 5 heteroatoms. The summed E-state index contributed by atoms with van der Waals surface area (Å²) in [5.74, 6) is 1.86.